The largest absolute Gasteiger partial charge is 0.361 e. The summed E-state index contributed by atoms with van der Waals surface area (Å²) in [6.07, 6.45) is 1.64. The van der Waals surface area contributed by atoms with Gasteiger partial charge in [-0.25, -0.2) is 10.5 Å². The number of hydroxylamine groups is 1. The van der Waals surface area contributed by atoms with Crippen molar-refractivity contribution < 1.29 is 19.6 Å². The van der Waals surface area contributed by atoms with Crippen molar-refractivity contribution in [1.29, 1.82) is 0 Å². The minimum absolute atomic E-state index is 0.0922. The number of nitrogens with two attached hydrogens (primary N) is 1. The molecule has 0 aliphatic heterocycles. The highest BCUT2D eigenvalue weighted by atomic mass is 16.5. The van der Waals surface area contributed by atoms with Crippen molar-refractivity contribution in [3.05, 3.63) is 89.6 Å². The van der Waals surface area contributed by atoms with Gasteiger partial charge in [0.25, 0.3) is 11.8 Å². The van der Waals surface area contributed by atoms with Crippen LogP contribution >= 0.6 is 0 Å². The molecule has 0 radical (unpaired) electrons. The van der Waals surface area contributed by atoms with Crippen LogP contribution in [0.2, 0.25) is 0 Å². The Labute approximate surface area is 213 Å². The second-order valence-electron chi connectivity index (χ2n) is 7.51. The van der Waals surface area contributed by atoms with Crippen LogP contribution in [0.15, 0.2) is 72.9 Å². The van der Waals surface area contributed by atoms with Crippen molar-refractivity contribution in [1.82, 2.24) is 15.8 Å². The van der Waals surface area contributed by atoms with E-state index in [9.17, 15) is 14.4 Å². The molecule has 0 unspecified atom stereocenters. The predicted molar refractivity (Wildman–Crippen MR) is 138 cm³/mol. The molecule has 0 aliphatic rings. The van der Waals surface area contributed by atoms with Gasteiger partial charge in [-0.3, -0.25) is 19.6 Å². The maximum absolute atomic E-state index is 12.2. The molecular formula is C27H24N6O4. The zero-order chi connectivity index (χ0) is 26.5. The minimum Gasteiger partial charge on any atom is -0.361 e. The van der Waals surface area contributed by atoms with E-state index in [1.165, 1.54) is 5.48 Å². The quantitative estimate of drug-likeness (QED) is 0.155. The molecule has 10 nitrogen and oxygen atoms in total. The Balaban J connectivity index is 1.50. The summed E-state index contributed by atoms with van der Waals surface area (Å²) in [5, 5.41) is 16.8. The van der Waals surface area contributed by atoms with Gasteiger partial charge in [-0.1, -0.05) is 17.9 Å². The van der Waals surface area contributed by atoms with Crippen LogP contribution in [-0.2, 0) is 9.59 Å². The Bertz CT molecular complexity index is 1350. The highest BCUT2D eigenvalue weighted by Gasteiger charge is 2.19. The summed E-state index contributed by atoms with van der Waals surface area (Å²) in [4.78, 5) is 39.8. The molecule has 7 N–H and O–H groups in total. The Morgan fingerprint density at radius 1 is 0.919 bits per heavy atom. The summed E-state index contributed by atoms with van der Waals surface area (Å²) in [6, 6.07) is 17.8. The molecule has 1 aromatic heterocycles. The molecule has 0 saturated carbocycles. The molecule has 0 saturated heterocycles. The lowest BCUT2D eigenvalue weighted by Crippen LogP contribution is -2.50. The summed E-state index contributed by atoms with van der Waals surface area (Å²) in [6.45, 7) is -0.0726. The van der Waals surface area contributed by atoms with E-state index >= 15 is 0 Å². The second-order valence-corrected chi connectivity index (χ2v) is 7.51. The fraction of sp³-hybridized carbons (Fsp3) is 0.111. The highest BCUT2D eigenvalue weighted by Crippen LogP contribution is 2.09. The van der Waals surface area contributed by atoms with Gasteiger partial charge in [0.2, 0.25) is 5.91 Å². The first-order valence-corrected chi connectivity index (χ1v) is 11.1. The lowest BCUT2D eigenvalue weighted by Gasteiger charge is -2.14. The summed E-state index contributed by atoms with van der Waals surface area (Å²) >= 11 is 0. The zero-order valence-electron chi connectivity index (χ0n) is 19.6. The SMILES string of the molecule is NC[C@H](NC(=O)c1ccc(C#CC#Cc2ccc(NC(=O)CNc3ccccn3)cc2)cc1)C(=O)NO. The molecule has 0 fully saturated rings. The van der Waals surface area contributed by atoms with Crippen molar-refractivity contribution in [3.8, 4) is 23.7 Å². The van der Waals surface area contributed by atoms with Gasteiger partial charge in [-0.2, -0.15) is 0 Å². The summed E-state index contributed by atoms with van der Waals surface area (Å²) in [5.41, 5.74) is 9.21. The first kappa shape index (κ1) is 26.4. The van der Waals surface area contributed by atoms with Crippen molar-refractivity contribution in [2.75, 3.05) is 23.7 Å². The van der Waals surface area contributed by atoms with Crippen LogP contribution < -0.4 is 27.2 Å². The highest BCUT2D eigenvalue weighted by molar-refractivity contribution is 5.97. The molecule has 0 aliphatic carbocycles. The van der Waals surface area contributed by atoms with Gasteiger partial charge in [0.1, 0.15) is 11.9 Å². The smallest absolute Gasteiger partial charge is 0.267 e. The van der Waals surface area contributed by atoms with Crippen molar-refractivity contribution >= 4 is 29.2 Å². The van der Waals surface area contributed by atoms with Gasteiger partial charge < -0.3 is 21.7 Å². The summed E-state index contributed by atoms with van der Waals surface area (Å²) in [5.74, 6) is 10.4. The lowest BCUT2D eigenvalue weighted by atomic mass is 10.1. The summed E-state index contributed by atoms with van der Waals surface area (Å²) in [7, 11) is 0. The fourth-order valence-electron chi connectivity index (χ4n) is 2.94. The van der Waals surface area contributed by atoms with Gasteiger partial charge in [-0.15, -0.1) is 0 Å². The van der Waals surface area contributed by atoms with E-state index in [1.807, 2.05) is 6.07 Å². The molecule has 3 aromatic rings. The number of amides is 3. The van der Waals surface area contributed by atoms with Crippen LogP contribution in [0, 0.1) is 23.7 Å². The molecule has 1 atom stereocenters. The number of nitrogens with zero attached hydrogens (tertiary/aromatic N) is 1. The molecule has 2 aromatic carbocycles. The Morgan fingerprint density at radius 3 is 2.14 bits per heavy atom. The second kappa shape index (κ2) is 13.7. The molecule has 10 heteroatoms. The van der Waals surface area contributed by atoms with Gasteiger partial charge >= 0.3 is 0 Å². The molecule has 3 rings (SSSR count). The number of pyridine rings is 1. The maximum Gasteiger partial charge on any atom is 0.267 e. The van der Waals surface area contributed by atoms with Crippen molar-refractivity contribution in [3.63, 3.8) is 0 Å². The van der Waals surface area contributed by atoms with Gasteiger partial charge in [0.15, 0.2) is 0 Å². The van der Waals surface area contributed by atoms with Crippen LogP contribution in [0.25, 0.3) is 0 Å². The van der Waals surface area contributed by atoms with E-state index in [0.29, 0.717) is 22.6 Å². The van der Waals surface area contributed by atoms with Crippen molar-refractivity contribution in [2.45, 2.75) is 6.04 Å². The van der Waals surface area contributed by atoms with Crippen molar-refractivity contribution in [2.24, 2.45) is 5.73 Å². The number of anilines is 2. The number of benzene rings is 2. The third-order valence-corrected chi connectivity index (χ3v) is 4.85. The Kier molecular flexibility index (Phi) is 9.76. The van der Waals surface area contributed by atoms with Crippen LogP contribution in [0.4, 0.5) is 11.5 Å². The maximum atomic E-state index is 12.2. The first-order valence-electron chi connectivity index (χ1n) is 11.1. The minimum atomic E-state index is -1.05. The first-order chi connectivity index (χ1) is 18.0. The average Bonchev–Trinajstić information content (AvgIpc) is 2.94. The van der Waals surface area contributed by atoms with Gasteiger partial charge in [-0.05, 0) is 72.5 Å². The monoisotopic (exact) mass is 496 g/mol. The fourth-order valence-corrected chi connectivity index (χ4v) is 2.94. The standard InChI is InChI=1S/C27H24N6O4/c28-17-23(27(36)33-37)32-26(35)21-12-8-19(9-13-21)5-1-2-6-20-10-14-22(15-11-20)31-25(34)18-30-24-7-3-4-16-29-24/h3-4,7-16,23,37H,17-18,28H2,(H,29,30)(H,31,34)(H,32,35)(H,33,36)/t23-/m0/s1. The lowest BCUT2D eigenvalue weighted by molar-refractivity contribution is -0.130. The number of hydrogen-bond acceptors (Lipinski definition) is 7. The van der Waals surface area contributed by atoms with Crippen LogP contribution in [0.3, 0.4) is 0 Å². The van der Waals surface area contributed by atoms with Gasteiger partial charge in [0.05, 0.1) is 6.54 Å². The van der Waals surface area contributed by atoms with E-state index in [1.54, 1.807) is 66.9 Å². The number of hydrogen-bond donors (Lipinski definition) is 6. The third-order valence-electron chi connectivity index (χ3n) is 4.85. The number of nitrogens with one attached hydrogen (secondary N) is 4. The molecule has 0 spiro atoms. The number of aromatic nitrogens is 1. The van der Waals surface area contributed by atoms with E-state index in [-0.39, 0.29) is 19.0 Å². The van der Waals surface area contributed by atoms with E-state index in [2.05, 4.69) is 44.6 Å². The number of carbonyl (C=O) groups is 3. The molecular weight excluding hydrogens is 472 g/mol. The van der Waals surface area contributed by atoms with Crippen LogP contribution in [-0.4, -0.2) is 47.0 Å². The molecule has 0 bridgehead atoms. The molecule has 1 heterocycles. The summed E-state index contributed by atoms with van der Waals surface area (Å²) < 4.78 is 0. The predicted octanol–water partition coefficient (Wildman–Crippen LogP) is 1.10. The molecule has 186 valence electrons. The average molecular weight is 497 g/mol. The third kappa shape index (κ3) is 8.53. The normalized spacial score (nSPS) is 10.4. The van der Waals surface area contributed by atoms with E-state index in [4.69, 9.17) is 10.9 Å². The van der Waals surface area contributed by atoms with Gasteiger partial charge in [0, 0.05) is 35.1 Å². The zero-order valence-corrected chi connectivity index (χ0v) is 19.6. The number of rotatable bonds is 8. The Morgan fingerprint density at radius 2 is 1.57 bits per heavy atom. The van der Waals surface area contributed by atoms with Crippen LogP contribution in [0.5, 0.6) is 0 Å². The number of carbonyl (C=O) groups excluding carboxylic acids is 3. The molecule has 37 heavy (non-hydrogen) atoms. The van der Waals surface area contributed by atoms with E-state index in [0.717, 1.165) is 5.56 Å². The molecule has 3 amide bonds. The van der Waals surface area contributed by atoms with E-state index < -0.39 is 17.9 Å². The topological polar surface area (TPSA) is 158 Å². The Hall–Kier alpha value is -5.16. The van der Waals surface area contributed by atoms with Crippen LogP contribution in [0.1, 0.15) is 21.5 Å².